The average molecular weight is 168 g/mol. The Bertz CT molecular complexity index is 273. The lowest BCUT2D eigenvalue weighted by Gasteiger charge is -2.10. The Morgan fingerprint density at radius 2 is 2.17 bits per heavy atom. The van der Waals surface area contributed by atoms with Crippen LogP contribution in [0.2, 0.25) is 0 Å². The summed E-state index contributed by atoms with van der Waals surface area (Å²) in [6.07, 6.45) is 0. The van der Waals surface area contributed by atoms with Gasteiger partial charge in [-0.25, -0.2) is 4.39 Å². The smallest absolute Gasteiger partial charge is 0.130 e. The van der Waals surface area contributed by atoms with Gasteiger partial charge in [0.05, 0.1) is 0 Å². The SMILES string of the molecule is Cc1cccc(C(N)CN)c1F. The molecule has 2 nitrogen and oxygen atoms in total. The van der Waals surface area contributed by atoms with Gasteiger partial charge in [-0.05, 0) is 12.5 Å². The molecule has 0 heterocycles. The van der Waals surface area contributed by atoms with E-state index in [0.717, 1.165) is 0 Å². The molecular weight excluding hydrogens is 155 g/mol. The Hall–Kier alpha value is -0.930. The van der Waals surface area contributed by atoms with E-state index in [4.69, 9.17) is 11.5 Å². The highest BCUT2D eigenvalue weighted by Gasteiger charge is 2.10. The molecule has 66 valence electrons. The highest BCUT2D eigenvalue weighted by atomic mass is 19.1. The van der Waals surface area contributed by atoms with E-state index < -0.39 is 6.04 Å². The van der Waals surface area contributed by atoms with Crippen molar-refractivity contribution in [1.82, 2.24) is 0 Å². The fourth-order valence-electron chi connectivity index (χ4n) is 1.08. The molecule has 3 heteroatoms. The molecule has 0 aromatic heterocycles. The average Bonchev–Trinajstić information content (AvgIpc) is 2.08. The van der Waals surface area contributed by atoms with Crippen molar-refractivity contribution in [3.05, 3.63) is 35.1 Å². The number of nitrogens with two attached hydrogens (primary N) is 2. The van der Waals surface area contributed by atoms with Gasteiger partial charge in [0.15, 0.2) is 0 Å². The Labute approximate surface area is 71.4 Å². The van der Waals surface area contributed by atoms with Crippen molar-refractivity contribution >= 4 is 0 Å². The van der Waals surface area contributed by atoms with Crippen LogP contribution in [0.25, 0.3) is 0 Å². The lowest BCUT2D eigenvalue weighted by Crippen LogP contribution is -2.22. The van der Waals surface area contributed by atoms with Crippen molar-refractivity contribution in [2.75, 3.05) is 6.54 Å². The molecule has 12 heavy (non-hydrogen) atoms. The summed E-state index contributed by atoms with van der Waals surface area (Å²) in [6.45, 7) is 1.97. The number of rotatable bonds is 2. The first-order valence-electron chi connectivity index (χ1n) is 3.87. The number of aryl methyl sites for hydroxylation is 1. The fraction of sp³-hybridized carbons (Fsp3) is 0.333. The van der Waals surface area contributed by atoms with Crippen LogP contribution in [0.5, 0.6) is 0 Å². The summed E-state index contributed by atoms with van der Waals surface area (Å²) in [6, 6.07) is 4.76. The van der Waals surface area contributed by atoms with Gasteiger partial charge >= 0.3 is 0 Å². The topological polar surface area (TPSA) is 52.0 Å². The second-order valence-electron chi connectivity index (χ2n) is 2.82. The lowest BCUT2D eigenvalue weighted by molar-refractivity contribution is 0.576. The summed E-state index contributed by atoms with van der Waals surface area (Å²) in [5, 5.41) is 0. The van der Waals surface area contributed by atoms with E-state index in [1.54, 1.807) is 25.1 Å². The lowest BCUT2D eigenvalue weighted by atomic mass is 10.0. The molecule has 0 amide bonds. The van der Waals surface area contributed by atoms with Crippen LogP contribution < -0.4 is 11.5 Å². The maximum Gasteiger partial charge on any atom is 0.130 e. The first kappa shape index (κ1) is 9.16. The maximum atomic E-state index is 13.3. The second kappa shape index (κ2) is 3.65. The van der Waals surface area contributed by atoms with Gasteiger partial charge in [-0.2, -0.15) is 0 Å². The third-order valence-corrected chi connectivity index (χ3v) is 1.88. The first-order chi connectivity index (χ1) is 5.66. The first-order valence-corrected chi connectivity index (χ1v) is 3.87. The van der Waals surface area contributed by atoms with Gasteiger partial charge in [0, 0.05) is 18.2 Å². The van der Waals surface area contributed by atoms with Crippen molar-refractivity contribution in [2.24, 2.45) is 11.5 Å². The molecule has 0 saturated carbocycles. The van der Waals surface area contributed by atoms with Gasteiger partial charge in [-0.1, -0.05) is 18.2 Å². The van der Waals surface area contributed by atoms with Crippen LogP contribution in [0.15, 0.2) is 18.2 Å². The van der Waals surface area contributed by atoms with Crippen LogP contribution in [-0.2, 0) is 0 Å². The highest BCUT2D eigenvalue weighted by Crippen LogP contribution is 2.16. The number of benzene rings is 1. The van der Waals surface area contributed by atoms with E-state index in [1.807, 2.05) is 0 Å². The van der Waals surface area contributed by atoms with E-state index in [2.05, 4.69) is 0 Å². The third-order valence-electron chi connectivity index (χ3n) is 1.88. The summed E-state index contributed by atoms with van der Waals surface area (Å²) in [5.41, 5.74) is 12.0. The Kier molecular flexibility index (Phi) is 2.78. The minimum Gasteiger partial charge on any atom is -0.329 e. The molecule has 0 aliphatic carbocycles. The van der Waals surface area contributed by atoms with E-state index >= 15 is 0 Å². The zero-order chi connectivity index (χ0) is 9.14. The molecule has 0 saturated heterocycles. The maximum absolute atomic E-state index is 13.3. The largest absolute Gasteiger partial charge is 0.329 e. The minimum absolute atomic E-state index is 0.240. The monoisotopic (exact) mass is 168 g/mol. The number of hydrogen-bond donors (Lipinski definition) is 2. The highest BCUT2D eigenvalue weighted by molar-refractivity contribution is 5.27. The second-order valence-corrected chi connectivity index (χ2v) is 2.82. The Morgan fingerprint density at radius 1 is 1.50 bits per heavy atom. The molecule has 1 aromatic rings. The molecule has 1 unspecified atom stereocenters. The minimum atomic E-state index is -0.398. The molecule has 0 aliphatic rings. The van der Waals surface area contributed by atoms with Crippen LogP contribution in [0, 0.1) is 12.7 Å². The zero-order valence-corrected chi connectivity index (χ0v) is 7.05. The molecule has 1 aromatic carbocycles. The van der Waals surface area contributed by atoms with Crippen molar-refractivity contribution in [2.45, 2.75) is 13.0 Å². The predicted molar refractivity (Wildman–Crippen MR) is 47.1 cm³/mol. The van der Waals surface area contributed by atoms with Crippen LogP contribution in [-0.4, -0.2) is 6.54 Å². The summed E-state index contributed by atoms with van der Waals surface area (Å²) in [4.78, 5) is 0. The Balaban J connectivity index is 3.07. The van der Waals surface area contributed by atoms with Gasteiger partial charge in [0.2, 0.25) is 0 Å². The zero-order valence-electron chi connectivity index (χ0n) is 7.05. The Morgan fingerprint density at radius 3 is 2.75 bits per heavy atom. The third kappa shape index (κ3) is 1.62. The normalized spacial score (nSPS) is 13.0. The van der Waals surface area contributed by atoms with Crippen molar-refractivity contribution in [1.29, 1.82) is 0 Å². The van der Waals surface area contributed by atoms with Crippen molar-refractivity contribution < 1.29 is 4.39 Å². The van der Waals surface area contributed by atoms with Crippen LogP contribution >= 0.6 is 0 Å². The number of hydrogen-bond acceptors (Lipinski definition) is 2. The quantitative estimate of drug-likeness (QED) is 0.694. The molecule has 4 N–H and O–H groups in total. The number of halogens is 1. The summed E-state index contributed by atoms with van der Waals surface area (Å²) >= 11 is 0. The summed E-state index contributed by atoms with van der Waals surface area (Å²) in [5.74, 6) is -0.240. The summed E-state index contributed by atoms with van der Waals surface area (Å²) < 4.78 is 13.3. The summed E-state index contributed by atoms with van der Waals surface area (Å²) in [7, 11) is 0. The van der Waals surface area contributed by atoms with E-state index in [9.17, 15) is 4.39 Å². The van der Waals surface area contributed by atoms with E-state index in [0.29, 0.717) is 11.1 Å². The predicted octanol–water partition coefficient (Wildman–Crippen LogP) is 1.09. The molecular formula is C9H13FN2. The van der Waals surface area contributed by atoms with Gasteiger partial charge in [0.25, 0.3) is 0 Å². The molecule has 0 spiro atoms. The molecule has 0 bridgehead atoms. The fourth-order valence-corrected chi connectivity index (χ4v) is 1.08. The van der Waals surface area contributed by atoms with E-state index in [-0.39, 0.29) is 12.4 Å². The molecule has 1 rings (SSSR count). The van der Waals surface area contributed by atoms with Crippen molar-refractivity contribution in [3.63, 3.8) is 0 Å². The van der Waals surface area contributed by atoms with Crippen LogP contribution in [0.3, 0.4) is 0 Å². The van der Waals surface area contributed by atoms with Gasteiger partial charge in [-0.15, -0.1) is 0 Å². The molecule has 0 radical (unpaired) electrons. The molecule has 1 atom stereocenters. The van der Waals surface area contributed by atoms with Crippen LogP contribution in [0.1, 0.15) is 17.2 Å². The van der Waals surface area contributed by atoms with Gasteiger partial charge in [-0.3, -0.25) is 0 Å². The standard InChI is InChI=1S/C9H13FN2/c1-6-3-2-4-7(9(6)10)8(12)5-11/h2-4,8H,5,11-12H2,1H3. The van der Waals surface area contributed by atoms with E-state index in [1.165, 1.54) is 0 Å². The molecule has 0 fully saturated rings. The van der Waals surface area contributed by atoms with Gasteiger partial charge in [0.1, 0.15) is 5.82 Å². The molecule has 0 aliphatic heterocycles. The van der Waals surface area contributed by atoms with Gasteiger partial charge < -0.3 is 11.5 Å². The van der Waals surface area contributed by atoms with Crippen LogP contribution in [0.4, 0.5) is 4.39 Å². The van der Waals surface area contributed by atoms with Crippen molar-refractivity contribution in [3.8, 4) is 0 Å².